The zero-order valence-corrected chi connectivity index (χ0v) is 9.85. The van der Waals surface area contributed by atoms with Crippen LogP contribution >= 0.6 is 0 Å². The smallest absolute Gasteiger partial charge is 0.224 e. The molecule has 0 aromatic heterocycles. The third-order valence-electron chi connectivity index (χ3n) is 3.06. The number of allylic oxidation sites excluding steroid dienone is 2. The van der Waals surface area contributed by atoms with Gasteiger partial charge in [0.25, 0.3) is 0 Å². The number of hydrogen-bond donors (Lipinski definition) is 1. The Morgan fingerprint density at radius 3 is 2.43 bits per heavy atom. The summed E-state index contributed by atoms with van der Waals surface area (Å²) < 4.78 is 0. The first-order valence-corrected chi connectivity index (χ1v) is 5.34. The molecule has 2 unspecified atom stereocenters. The van der Waals surface area contributed by atoms with Crippen molar-refractivity contribution < 1.29 is 4.79 Å². The molecule has 1 amide bonds. The van der Waals surface area contributed by atoms with E-state index in [1.54, 1.807) is 0 Å². The van der Waals surface area contributed by atoms with Gasteiger partial charge in [-0.3, -0.25) is 4.79 Å². The van der Waals surface area contributed by atoms with Crippen molar-refractivity contribution in [2.75, 3.05) is 6.54 Å². The lowest BCUT2D eigenvalue weighted by Gasteiger charge is -2.02. The van der Waals surface area contributed by atoms with Crippen LogP contribution in [0.3, 0.4) is 0 Å². The summed E-state index contributed by atoms with van der Waals surface area (Å²) in [6.07, 6.45) is 2.22. The molecule has 80 valence electrons. The third-order valence-corrected chi connectivity index (χ3v) is 3.06. The highest BCUT2D eigenvalue weighted by molar-refractivity contribution is 5.83. The van der Waals surface area contributed by atoms with Crippen LogP contribution in [0.2, 0.25) is 0 Å². The van der Waals surface area contributed by atoms with Gasteiger partial charge in [-0.15, -0.1) is 0 Å². The molecule has 2 atom stereocenters. The van der Waals surface area contributed by atoms with E-state index in [4.69, 9.17) is 0 Å². The summed E-state index contributed by atoms with van der Waals surface area (Å²) in [5.74, 6) is 0.816. The van der Waals surface area contributed by atoms with E-state index < -0.39 is 0 Å². The van der Waals surface area contributed by atoms with Crippen LogP contribution in [0.4, 0.5) is 0 Å². The van der Waals surface area contributed by atoms with Crippen molar-refractivity contribution in [1.29, 1.82) is 0 Å². The monoisotopic (exact) mass is 195 g/mol. The molecule has 2 heteroatoms. The van der Waals surface area contributed by atoms with Gasteiger partial charge in [0, 0.05) is 6.54 Å². The fourth-order valence-corrected chi connectivity index (χ4v) is 2.13. The normalized spacial score (nSPS) is 28.1. The maximum absolute atomic E-state index is 11.7. The lowest BCUT2D eigenvalue weighted by Crippen LogP contribution is -2.26. The van der Waals surface area contributed by atoms with Gasteiger partial charge in [-0.05, 0) is 32.1 Å². The summed E-state index contributed by atoms with van der Waals surface area (Å²) in [4.78, 5) is 11.7. The van der Waals surface area contributed by atoms with Gasteiger partial charge in [-0.25, -0.2) is 0 Å². The number of rotatable bonds is 3. The second kappa shape index (κ2) is 3.76. The van der Waals surface area contributed by atoms with Crippen LogP contribution in [-0.4, -0.2) is 12.5 Å². The fourth-order valence-electron chi connectivity index (χ4n) is 2.13. The minimum absolute atomic E-state index is 0.149. The number of carbonyl (C=O) groups is 1. The first-order valence-electron chi connectivity index (χ1n) is 5.34. The average Bonchev–Trinajstić information content (AvgIpc) is 2.52. The first kappa shape index (κ1) is 11.3. The van der Waals surface area contributed by atoms with E-state index >= 15 is 0 Å². The largest absolute Gasteiger partial charge is 0.356 e. The van der Waals surface area contributed by atoms with Crippen LogP contribution in [0.5, 0.6) is 0 Å². The predicted molar refractivity (Wildman–Crippen MR) is 58.9 cm³/mol. The highest BCUT2D eigenvalue weighted by Gasteiger charge is 2.60. The van der Waals surface area contributed by atoms with Gasteiger partial charge in [-0.1, -0.05) is 25.5 Å². The third kappa shape index (κ3) is 1.99. The van der Waals surface area contributed by atoms with E-state index in [1.165, 1.54) is 5.57 Å². The van der Waals surface area contributed by atoms with Crippen molar-refractivity contribution in [1.82, 2.24) is 5.32 Å². The highest BCUT2D eigenvalue weighted by Crippen LogP contribution is 2.59. The lowest BCUT2D eigenvalue weighted by molar-refractivity contribution is -0.123. The zero-order chi connectivity index (χ0) is 10.9. The molecule has 0 saturated heterocycles. The molecule has 1 aliphatic rings. The van der Waals surface area contributed by atoms with Gasteiger partial charge in [0.2, 0.25) is 5.91 Å². The van der Waals surface area contributed by atoms with Crippen LogP contribution in [0.1, 0.15) is 34.6 Å². The topological polar surface area (TPSA) is 29.1 Å². The molecule has 0 aliphatic heterocycles. The van der Waals surface area contributed by atoms with Gasteiger partial charge in [0.05, 0.1) is 5.92 Å². The molecular weight excluding hydrogens is 174 g/mol. The molecule has 14 heavy (non-hydrogen) atoms. The molecule has 1 N–H and O–H groups in total. The molecule has 1 saturated carbocycles. The number of amides is 1. The molecule has 0 aromatic rings. The maximum Gasteiger partial charge on any atom is 0.224 e. The van der Waals surface area contributed by atoms with Crippen LogP contribution in [0.25, 0.3) is 0 Å². The fraction of sp³-hybridized carbons (Fsp3) is 0.750. The molecule has 0 spiro atoms. The van der Waals surface area contributed by atoms with E-state index in [0.29, 0.717) is 5.92 Å². The van der Waals surface area contributed by atoms with Crippen LogP contribution in [0.15, 0.2) is 11.6 Å². The van der Waals surface area contributed by atoms with Crippen molar-refractivity contribution in [3.63, 3.8) is 0 Å². The molecule has 0 bridgehead atoms. The summed E-state index contributed by atoms with van der Waals surface area (Å²) in [6, 6.07) is 0. The second-order valence-corrected chi connectivity index (χ2v) is 4.96. The number of nitrogens with one attached hydrogen (secondary N) is 1. The van der Waals surface area contributed by atoms with Gasteiger partial charge in [0.1, 0.15) is 0 Å². The van der Waals surface area contributed by atoms with Gasteiger partial charge in [-0.2, -0.15) is 0 Å². The van der Waals surface area contributed by atoms with Crippen LogP contribution in [0, 0.1) is 17.3 Å². The summed E-state index contributed by atoms with van der Waals surface area (Å²) >= 11 is 0. The van der Waals surface area contributed by atoms with E-state index in [9.17, 15) is 4.79 Å². The van der Waals surface area contributed by atoms with E-state index in [-0.39, 0.29) is 17.2 Å². The Bertz CT molecular complexity index is 261. The Morgan fingerprint density at radius 2 is 2.00 bits per heavy atom. The molecule has 0 heterocycles. The Balaban J connectivity index is 2.66. The zero-order valence-electron chi connectivity index (χ0n) is 9.85. The quantitative estimate of drug-likeness (QED) is 0.688. The molecule has 1 rings (SSSR count). The Labute approximate surface area is 86.8 Å². The van der Waals surface area contributed by atoms with Crippen LogP contribution < -0.4 is 5.32 Å². The molecular formula is C12H21NO. The second-order valence-electron chi connectivity index (χ2n) is 4.96. The first-order chi connectivity index (χ1) is 6.41. The van der Waals surface area contributed by atoms with Crippen LogP contribution in [-0.2, 0) is 4.79 Å². The van der Waals surface area contributed by atoms with E-state index in [0.717, 1.165) is 6.54 Å². The summed E-state index contributed by atoms with van der Waals surface area (Å²) in [5.41, 5.74) is 1.45. The summed E-state index contributed by atoms with van der Waals surface area (Å²) in [7, 11) is 0. The predicted octanol–water partition coefficient (Wildman–Crippen LogP) is 2.36. The maximum atomic E-state index is 11.7. The minimum atomic E-state index is 0.149. The molecule has 1 aliphatic carbocycles. The van der Waals surface area contributed by atoms with E-state index in [1.807, 2.05) is 6.92 Å². The molecule has 2 nitrogen and oxygen atoms in total. The Hall–Kier alpha value is -0.790. The molecule has 0 aromatic carbocycles. The molecule has 1 fully saturated rings. The lowest BCUT2D eigenvalue weighted by atomic mass is 10.1. The van der Waals surface area contributed by atoms with E-state index in [2.05, 4.69) is 39.1 Å². The average molecular weight is 195 g/mol. The Kier molecular flexibility index (Phi) is 3.03. The summed E-state index contributed by atoms with van der Waals surface area (Å²) in [5, 5.41) is 2.90. The van der Waals surface area contributed by atoms with Gasteiger partial charge in [0.15, 0.2) is 0 Å². The van der Waals surface area contributed by atoms with Crippen molar-refractivity contribution >= 4 is 5.91 Å². The number of carbonyl (C=O) groups excluding carboxylic acids is 1. The highest BCUT2D eigenvalue weighted by atomic mass is 16.2. The standard InChI is InChI=1S/C12H21NO/c1-6-13-11(14)10-9(7-8(2)3)12(10,4)5/h7,9-10H,6H2,1-5H3,(H,13,14). The Morgan fingerprint density at radius 1 is 1.43 bits per heavy atom. The SMILES string of the molecule is CCNC(=O)C1C(C=C(C)C)C1(C)C. The van der Waals surface area contributed by atoms with Crippen molar-refractivity contribution in [3.8, 4) is 0 Å². The van der Waals surface area contributed by atoms with Crippen molar-refractivity contribution in [3.05, 3.63) is 11.6 Å². The number of hydrogen-bond acceptors (Lipinski definition) is 1. The molecule has 0 radical (unpaired) electrons. The van der Waals surface area contributed by atoms with Gasteiger partial charge < -0.3 is 5.32 Å². The van der Waals surface area contributed by atoms with Crippen molar-refractivity contribution in [2.45, 2.75) is 34.6 Å². The van der Waals surface area contributed by atoms with Gasteiger partial charge >= 0.3 is 0 Å². The summed E-state index contributed by atoms with van der Waals surface area (Å²) in [6.45, 7) is 11.2. The minimum Gasteiger partial charge on any atom is -0.356 e. The van der Waals surface area contributed by atoms with Crippen molar-refractivity contribution in [2.24, 2.45) is 17.3 Å².